The smallest absolute Gasteiger partial charge is 0.128 e. The molecule has 0 radical (unpaired) electrons. The average molecular weight is 250 g/mol. The molecule has 0 fully saturated rings. The molecule has 0 aliphatic heterocycles. The lowest BCUT2D eigenvalue weighted by Crippen LogP contribution is -2.29. The molecule has 0 aliphatic rings. The quantitative estimate of drug-likeness (QED) is 0.793. The summed E-state index contributed by atoms with van der Waals surface area (Å²) in [5.74, 6) is 1.02. The first-order valence-corrected chi connectivity index (χ1v) is 6.59. The molecule has 18 heavy (non-hydrogen) atoms. The van der Waals surface area contributed by atoms with E-state index in [4.69, 9.17) is 5.73 Å². The van der Waals surface area contributed by atoms with E-state index < -0.39 is 0 Å². The summed E-state index contributed by atoms with van der Waals surface area (Å²) in [6.45, 7) is 4.12. The zero-order valence-corrected chi connectivity index (χ0v) is 12.1. The maximum atomic E-state index is 5.94. The molecule has 1 unspecified atom stereocenters. The Balaban J connectivity index is 2.53. The van der Waals surface area contributed by atoms with E-state index in [0.717, 1.165) is 31.7 Å². The van der Waals surface area contributed by atoms with E-state index in [-0.39, 0.29) is 6.04 Å². The third kappa shape index (κ3) is 5.02. The lowest BCUT2D eigenvalue weighted by Gasteiger charge is -2.20. The zero-order chi connectivity index (χ0) is 13.5. The van der Waals surface area contributed by atoms with Gasteiger partial charge in [0.2, 0.25) is 0 Å². The Kier molecular flexibility index (Phi) is 6.09. The highest BCUT2D eigenvalue weighted by atomic mass is 15.2. The largest absolute Gasteiger partial charge is 0.358 e. The van der Waals surface area contributed by atoms with Crippen LogP contribution in [-0.4, -0.2) is 50.2 Å². The van der Waals surface area contributed by atoms with Gasteiger partial charge in [0.25, 0.3) is 0 Å². The molecule has 102 valence electrons. The van der Waals surface area contributed by atoms with E-state index in [9.17, 15) is 0 Å². The maximum absolute atomic E-state index is 5.94. The van der Waals surface area contributed by atoms with E-state index in [2.05, 4.69) is 55.0 Å². The predicted octanol–water partition coefficient (Wildman–Crippen LogP) is 1.36. The van der Waals surface area contributed by atoms with Crippen molar-refractivity contribution in [3.63, 3.8) is 0 Å². The molecule has 1 aromatic rings. The van der Waals surface area contributed by atoms with Crippen molar-refractivity contribution in [2.75, 3.05) is 39.1 Å². The van der Waals surface area contributed by atoms with E-state index >= 15 is 0 Å². The minimum atomic E-state index is 0.240. The molecular weight excluding hydrogens is 224 g/mol. The number of rotatable bonds is 7. The van der Waals surface area contributed by atoms with Gasteiger partial charge in [-0.15, -0.1) is 0 Å². The van der Waals surface area contributed by atoms with Gasteiger partial charge in [-0.2, -0.15) is 0 Å². The van der Waals surface area contributed by atoms with E-state index in [1.807, 2.05) is 6.20 Å². The fraction of sp³-hybridized carbons (Fsp3) is 0.643. The van der Waals surface area contributed by atoms with Crippen LogP contribution >= 0.6 is 0 Å². The Hall–Kier alpha value is -1.13. The number of nitrogens with two attached hydrogens (primary N) is 1. The van der Waals surface area contributed by atoms with E-state index in [1.165, 1.54) is 5.56 Å². The van der Waals surface area contributed by atoms with Crippen LogP contribution in [0.5, 0.6) is 0 Å². The number of hydrogen-bond donors (Lipinski definition) is 1. The van der Waals surface area contributed by atoms with Crippen LogP contribution in [0.4, 0.5) is 5.82 Å². The van der Waals surface area contributed by atoms with E-state index in [1.54, 1.807) is 0 Å². The van der Waals surface area contributed by atoms with Gasteiger partial charge in [-0.1, -0.05) is 13.0 Å². The van der Waals surface area contributed by atoms with Crippen molar-refractivity contribution >= 4 is 5.82 Å². The zero-order valence-electron chi connectivity index (χ0n) is 12.1. The Labute approximate surface area is 111 Å². The average Bonchev–Trinajstić information content (AvgIpc) is 2.36. The third-order valence-corrected chi connectivity index (χ3v) is 3.11. The number of likely N-dealkylation sites (N-methyl/N-ethyl adjacent to an activating group) is 2. The monoisotopic (exact) mass is 250 g/mol. The van der Waals surface area contributed by atoms with Crippen LogP contribution in [0.15, 0.2) is 18.3 Å². The molecule has 0 spiro atoms. The summed E-state index contributed by atoms with van der Waals surface area (Å²) in [6.07, 6.45) is 3.85. The summed E-state index contributed by atoms with van der Waals surface area (Å²) in [5.41, 5.74) is 7.16. The van der Waals surface area contributed by atoms with Gasteiger partial charge in [-0.3, -0.25) is 0 Å². The van der Waals surface area contributed by atoms with Crippen molar-refractivity contribution in [3.05, 3.63) is 23.9 Å². The summed E-state index contributed by atoms with van der Waals surface area (Å²) in [5, 5.41) is 0. The lowest BCUT2D eigenvalue weighted by molar-refractivity contribution is 0.416. The van der Waals surface area contributed by atoms with Crippen LogP contribution in [-0.2, 0) is 6.42 Å². The molecule has 0 saturated carbocycles. The van der Waals surface area contributed by atoms with Gasteiger partial charge >= 0.3 is 0 Å². The number of pyridine rings is 1. The van der Waals surface area contributed by atoms with Gasteiger partial charge in [0, 0.05) is 32.4 Å². The SMILES string of the molecule is CCC(N)Cc1ccc(N(C)CCN(C)C)nc1. The first-order valence-electron chi connectivity index (χ1n) is 6.59. The predicted molar refractivity (Wildman–Crippen MR) is 78.0 cm³/mol. The normalized spacial score (nSPS) is 12.8. The van der Waals surface area contributed by atoms with Crippen LogP contribution in [0.25, 0.3) is 0 Å². The van der Waals surface area contributed by atoms with Crippen molar-refractivity contribution in [2.24, 2.45) is 5.73 Å². The summed E-state index contributed by atoms with van der Waals surface area (Å²) in [4.78, 5) is 8.84. The van der Waals surface area contributed by atoms with Crippen LogP contribution in [0.2, 0.25) is 0 Å². The van der Waals surface area contributed by atoms with Crippen molar-refractivity contribution in [1.29, 1.82) is 0 Å². The molecular formula is C14H26N4. The standard InChI is InChI=1S/C14H26N4/c1-5-13(15)10-12-6-7-14(16-11-12)18(4)9-8-17(2)3/h6-7,11,13H,5,8-10,15H2,1-4H3. The van der Waals surface area contributed by atoms with Gasteiger partial charge in [0.05, 0.1) is 0 Å². The molecule has 0 bridgehead atoms. The molecule has 1 aromatic heterocycles. The molecule has 0 aromatic carbocycles. The highest BCUT2D eigenvalue weighted by Crippen LogP contribution is 2.11. The Morgan fingerprint density at radius 2 is 1.94 bits per heavy atom. The van der Waals surface area contributed by atoms with E-state index in [0.29, 0.717) is 0 Å². The van der Waals surface area contributed by atoms with Gasteiger partial charge in [-0.25, -0.2) is 4.98 Å². The second kappa shape index (κ2) is 7.34. The Morgan fingerprint density at radius 3 is 2.44 bits per heavy atom. The molecule has 1 rings (SSSR count). The first-order chi connectivity index (χ1) is 8.52. The minimum Gasteiger partial charge on any atom is -0.358 e. The molecule has 4 nitrogen and oxygen atoms in total. The fourth-order valence-electron chi connectivity index (χ4n) is 1.67. The van der Waals surface area contributed by atoms with Crippen LogP contribution in [0, 0.1) is 0 Å². The molecule has 0 aliphatic carbocycles. The summed E-state index contributed by atoms with van der Waals surface area (Å²) in [6, 6.07) is 4.45. The highest BCUT2D eigenvalue weighted by molar-refractivity contribution is 5.38. The van der Waals surface area contributed by atoms with Gasteiger partial charge < -0.3 is 15.5 Å². The number of aromatic nitrogens is 1. The van der Waals surface area contributed by atoms with Crippen molar-refractivity contribution in [1.82, 2.24) is 9.88 Å². The summed E-state index contributed by atoms with van der Waals surface area (Å²) >= 11 is 0. The first kappa shape index (κ1) is 14.9. The second-order valence-corrected chi connectivity index (χ2v) is 5.12. The molecule has 4 heteroatoms. The summed E-state index contributed by atoms with van der Waals surface area (Å²) < 4.78 is 0. The molecule has 1 atom stereocenters. The van der Waals surface area contributed by atoms with Crippen molar-refractivity contribution < 1.29 is 0 Å². The minimum absolute atomic E-state index is 0.240. The third-order valence-electron chi connectivity index (χ3n) is 3.11. The highest BCUT2D eigenvalue weighted by Gasteiger charge is 2.05. The lowest BCUT2D eigenvalue weighted by atomic mass is 10.1. The molecule has 0 amide bonds. The number of anilines is 1. The van der Waals surface area contributed by atoms with Gasteiger partial charge in [0.1, 0.15) is 5.82 Å². The number of hydrogen-bond acceptors (Lipinski definition) is 4. The van der Waals surface area contributed by atoms with Crippen LogP contribution < -0.4 is 10.6 Å². The second-order valence-electron chi connectivity index (χ2n) is 5.12. The molecule has 1 heterocycles. The van der Waals surface area contributed by atoms with Gasteiger partial charge in [-0.05, 0) is 38.6 Å². The van der Waals surface area contributed by atoms with Crippen LogP contribution in [0.1, 0.15) is 18.9 Å². The molecule has 0 saturated heterocycles. The Morgan fingerprint density at radius 1 is 1.22 bits per heavy atom. The fourth-order valence-corrected chi connectivity index (χ4v) is 1.67. The van der Waals surface area contributed by atoms with Crippen molar-refractivity contribution in [3.8, 4) is 0 Å². The number of nitrogens with zero attached hydrogens (tertiary/aromatic N) is 3. The Bertz CT molecular complexity index is 334. The van der Waals surface area contributed by atoms with Crippen LogP contribution in [0.3, 0.4) is 0 Å². The maximum Gasteiger partial charge on any atom is 0.128 e. The summed E-state index contributed by atoms with van der Waals surface area (Å²) in [7, 11) is 6.23. The van der Waals surface area contributed by atoms with Crippen molar-refractivity contribution in [2.45, 2.75) is 25.8 Å². The topological polar surface area (TPSA) is 45.4 Å². The van der Waals surface area contributed by atoms with Gasteiger partial charge in [0.15, 0.2) is 0 Å². The molecule has 2 N–H and O–H groups in total.